The number of amides is 1. The van der Waals surface area contributed by atoms with E-state index in [1.807, 2.05) is 0 Å². The smallest absolute Gasteiger partial charge is 0.338 e. The lowest BCUT2D eigenvalue weighted by Crippen LogP contribution is -2.23. The van der Waals surface area contributed by atoms with Crippen molar-refractivity contribution in [1.29, 1.82) is 0 Å². The number of aromatic nitrogens is 2. The van der Waals surface area contributed by atoms with E-state index in [2.05, 4.69) is 10.4 Å². The molecule has 0 spiro atoms. The molecule has 1 aromatic heterocycles. The van der Waals surface area contributed by atoms with Crippen molar-refractivity contribution < 1.29 is 23.5 Å². The molecule has 1 heterocycles. The van der Waals surface area contributed by atoms with Crippen molar-refractivity contribution in [3.63, 3.8) is 0 Å². The van der Waals surface area contributed by atoms with Gasteiger partial charge in [-0.3, -0.25) is 4.79 Å². The van der Waals surface area contributed by atoms with Crippen LogP contribution in [-0.4, -0.2) is 35.4 Å². The first-order chi connectivity index (χ1) is 12.6. The van der Waals surface area contributed by atoms with Gasteiger partial charge in [0.15, 0.2) is 18.2 Å². The Morgan fingerprint density at radius 1 is 1.31 bits per heavy atom. The van der Waals surface area contributed by atoms with Gasteiger partial charge in [-0.15, -0.1) is 0 Å². The number of nitrogens with one attached hydrogen (secondary N) is 1. The van der Waals surface area contributed by atoms with E-state index in [9.17, 15) is 14.0 Å². The number of methoxy groups -OCH3 is 1. The van der Waals surface area contributed by atoms with Crippen LogP contribution in [0.4, 0.5) is 10.2 Å². The molecule has 1 N–H and O–H groups in total. The molecule has 0 atom stereocenters. The molecular weight excluding hydrogens is 341 g/mol. The predicted octanol–water partition coefficient (Wildman–Crippen LogP) is 2.94. The Kier molecular flexibility index (Phi) is 5.50. The molecule has 1 aliphatic carbocycles. The van der Waals surface area contributed by atoms with Crippen molar-refractivity contribution in [2.75, 3.05) is 19.0 Å². The minimum atomic E-state index is -0.786. The third-order valence-electron chi connectivity index (χ3n) is 4.33. The van der Waals surface area contributed by atoms with E-state index in [4.69, 9.17) is 9.47 Å². The standard InChI is InChI=1S/C18H20FN3O4/c1-25-15-7-6-12(10-14(15)19)18(24)26-11-17(23)21-16-8-9-20-22(16)13-4-2-3-5-13/h6-10,13H,2-5,11H2,1H3,(H,21,23). The maximum absolute atomic E-state index is 13.6. The number of rotatable bonds is 6. The second-order valence-electron chi connectivity index (χ2n) is 6.07. The van der Waals surface area contributed by atoms with E-state index in [-0.39, 0.29) is 17.4 Å². The third kappa shape index (κ3) is 4.01. The summed E-state index contributed by atoms with van der Waals surface area (Å²) in [5, 5.41) is 6.95. The highest BCUT2D eigenvalue weighted by Crippen LogP contribution is 2.31. The van der Waals surface area contributed by atoms with Gasteiger partial charge in [-0.2, -0.15) is 5.10 Å². The predicted molar refractivity (Wildman–Crippen MR) is 91.6 cm³/mol. The second kappa shape index (κ2) is 7.99. The van der Waals surface area contributed by atoms with Gasteiger partial charge in [0.2, 0.25) is 0 Å². The first-order valence-electron chi connectivity index (χ1n) is 8.42. The fourth-order valence-electron chi connectivity index (χ4n) is 3.04. The minimum absolute atomic E-state index is 0.00657. The molecule has 1 saturated carbocycles. The van der Waals surface area contributed by atoms with Crippen LogP contribution in [0, 0.1) is 5.82 Å². The molecule has 1 aliphatic rings. The molecule has 1 aromatic carbocycles. The molecule has 1 amide bonds. The van der Waals surface area contributed by atoms with Gasteiger partial charge in [0.1, 0.15) is 5.82 Å². The van der Waals surface area contributed by atoms with Gasteiger partial charge < -0.3 is 14.8 Å². The zero-order valence-electron chi connectivity index (χ0n) is 14.4. The van der Waals surface area contributed by atoms with Gasteiger partial charge in [-0.1, -0.05) is 12.8 Å². The molecule has 3 rings (SSSR count). The number of halogens is 1. The summed E-state index contributed by atoms with van der Waals surface area (Å²) in [5.74, 6) is -1.34. The Labute approximate surface area is 150 Å². The van der Waals surface area contributed by atoms with E-state index < -0.39 is 24.3 Å². The topological polar surface area (TPSA) is 82.4 Å². The van der Waals surface area contributed by atoms with Crippen molar-refractivity contribution in [3.8, 4) is 5.75 Å². The number of benzene rings is 1. The second-order valence-corrected chi connectivity index (χ2v) is 6.07. The number of esters is 1. The maximum atomic E-state index is 13.6. The fourth-order valence-corrected chi connectivity index (χ4v) is 3.04. The van der Waals surface area contributed by atoms with Gasteiger partial charge in [0.25, 0.3) is 5.91 Å². The van der Waals surface area contributed by atoms with Gasteiger partial charge >= 0.3 is 5.97 Å². The normalized spacial score (nSPS) is 14.2. The lowest BCUT2D eigenvalue weighted by Gasteiger charge is -2.14. The molecule has 138 valence electrons. The third-order valence-corrected chi connectivity index (χ3v) is 4.33. The van der Waals surface area contributed by atoms with Crippen LogP contribution in [0.15, 0.2) is 30.5 Å². The quantitative estimate of drug-likeness (QED) is 0.800. The number of ether oxygens (including phenoxy) is 2. The maximum Gasteiger partial charge on any atom is 0.338 e. The summed E-state index contributed by atoms with van der Waals surface area (Å²) < 4.78 is 25.2. The van der Waals surface area contributed by atoms with E-state index in [1.54, 1.807) is 16.9 Å². The Hall–Kier alpha value is -2.90. The highest BCUT2D eigenvalue weighted by molar-refractivity contribution is 5.95. The van der Waals surface area contributed by atoms with Crippen molar-refractivity contribution in [2.24, 2.45) is 0 Å². The first kappa shape index (κ1) is 17.9. The van der Waals surface area contributed by atoms with E-state index in [0.29, 0.717) is 5.82 Å². The summed E-state index contributed by atoms with van der Waals surface area (Å²) in [6.07, 6.45) is 5.98. The lowest BCUT2D eigenvalue weighted by molar-refractivity contribution is -0.119. The monoisotopic (exact) mass is 361 g/mol. The van der Waals surface area contributed by atoms with Crippen LogP contribution in [0.3, 0.4) is 0 Å². The number of carbonyl (C=O) groups is 2. The van der Waals surface area contributed by atoms with Gasteiger partial charge in [0, 0.05) is 6.07 Å². The first-order valence-corrected chi connectivity index (χ1v) is 8.42. The molecule has 8 heteroatoms. The van der Waals surface area contributed by atoms with E-state index in [1.165, 1.54) is 19.2 Å². The molecule has 2 aromatic rings. The van der Waals surface area contributed by atoms with Crippen LogP contribution in [0.1, 0.15) is 42.1 Å². The van der Waals surface area contributed by atoms with Crippen LogP contribution < -0.4 is 10.1 Å². The van der Waals surface area contributed by atoms with Crippen LogP contribution >= 0.6 is 0 Å². The molecule has 7 nitrogen and oxygen atoms in total. The summed E-state index contributed by atoms with van der Waals surface area (Å²) in [5.41, 5.74) is 0.00657. The summed E-state index contributed by atoms with van der Waals surface area (Å²) in [7, 11) is 1.33. The van der Waals surface area contributed by atoms with Crippen molar-refractivity contribution in [3.05, 3.63) is 41.8 Å². The fraction of sp³-hybridized carbons (Fsp3) is 0.389. The molecular formula is C18H20FN3O4. The van der Waals surface area contributed by atoms with Crippen molar-refractivity contribution in [1.82, 2.24) is 9.78 Å². The summed E-state index contributed by atoms with van der Waals surface area (Å²) in [6, 6.07) is 5.69. The molecule has 0 aliphatic heterocycles. The van der Waals surface area contributed by atoms with Crippen LogP contribution in [0.2, 0.25) is 0 Å². The zero-order chi connectivity index (χ0) is 18.5. The van der Waals surface area contributed by atoms with E-state index in [0.717, 1.165) is 31.7 Å². The Bertz CT molecular complexity index is 799. The largest absolute Gasteiger partial charge is 0.494 e. The molecule has 1 fully saturated rings. The number of nitrogens with zero attached hydrogens (tertiary/aromatic N) is 2. The van der Waals surface area contributed by atoms with Crippen LogP contribution in [-0.2, 0) is 9.53 Å². The van der Waals surface area contributed by atoms with Crippen molar-refractivity contribution in [2.45, 2.75) is 31.7 Å². The molecule has 0 bridgehead atoms. The highest BCUT2D eigenvalue weighted by Gasteiger charge is 2.21. The number of anilines is 1. The Morgan fingerprint density at radius 3 is 2.77 bits per heavy atom. The lowest BCUT2D eigenvalue weighted by atomic mass is 10.2. The van der Waals surface area contributed by atoms with E-state index >= 15 is 0 Å². The van der Waals surface area contributed by atoms with Gasteiger partial charge in [-0.25, -0.2) is 13.9 Å². The minimum Gasteiger partial charge on any atom is -0.494 e. The summed E-state index contributed by atoms with van der Waals surface area (Å²) in [4.78, 5) is 24.0. The number of hydrogen-bond donors (Lipinski definition) is 1. The molecule has 26 heavy (non-hydrogen) atoms. The average molecular weight is 361 g/mol. The average Bonchev–Trinajstić information content (AvgIpc) is 3.30. The Balaban J connectivity index is 1.55. The zero-order valence-corrected chi connectivity index (χ0v) is 14.4. The van der Waals surface area contributed by atoms with Gasteiger partial charge in [-0.05, 0) is 31.0 Å². The SMILES string of the molecule is COc1ccc(C(=O)OCC(=O)Nc2ccnn2C2CCCC2)cc1F. The molecule has 0 saturated heterocycles. The highest BCUT2D eigenvalue weighted by atomic mass is 19.1. The van der Waals surface area contributed by atoms with Crippen LogP contribution in [0.25, 0.3) is 0 Å². The number of hydrogen-bond acceptors (Lipinski definition) is 5. The molecule has 0 radical (unpaired) electrons. The summed E-state index contributed by atoms with van der Waals surface area (Å²) >= 11 is 0. The van der Waals surface area contributed by atoms with Crippen LogP contribution in [0.5, 0.6) is 5.75 Å². The molecule has 0 unspecified atom stereocenters. The Morgan fingerprint density at radius 2 is 2.08 bits per heavy atom. The van der Waals surface area contributed by atoms with Crippen molar-refractivity contribution >= 4 is 17.7 Å². The van der Waals surface area contributed by atoms with Gasteiger partial charge in [0.05, 0.1) is 24.9 Å². The number of carbonyl (C=O) groups excluding carboxylic acids is 2. The summed E-state index contributed by atoms with van der Waals surface area (Å²) in [6.45, 7) is -0.470.